The van der Waals surface area contributed by atoms with Crippen molar-refractivity contribution in [2.75, 3.05) is 50.1 Å². The minimum atomic E-state index is -1.26. The molecule has 26 heavy (non-hydrogen) atoms. The van der Waals surface area contributed by atoms with Gasteiger partial charge >= 0.3 is 11.9 Å². The Hall–Kier alpha value is -3.01. The summed E-state index contributed by atoms with van der Waals surface area (Å²) in [6, 6.07) is 0. The molecule has 140 valence electrons. The van der Waals surface area contributed by atoms with E-state index < -0.39 is 11.9 Å². The average molecular weight is 363 g/mol. The summed E-state index contributed by atoms with van der Waals surface area (Å²) in [5.41, 5.74) is 0.931. The van der Waals surface area contributed by atoms with E-state index >= 15 is 0 Å². The lowest BCUT2D eigenvalue weighted by Gasteiger charge is -2.32. The Morgan fingerprint density at radius 1 is 1.08 bits per heavy atom. The van der Waals surface area contributed by atoms with Gasteiger partial charge < -0.3 is 20.0 Å². The van der Waals surface area contributed by atoms with Gasteiger partial charge in [0.05, 0.1) is 6.42 Å². The Kier molecular flexibility index (Phi) is 6.23. The average Bonchev–Trinajstić information content (AvgIpc) is 2.88. The van der Waals surface area contributed by atoms with E-state index in [4.69, 9.17) is 10.2 Å². The Morgan fingerprint density at radius 3 is 2.19 bits per heavy atom. The van der Waals surface area contributed by atoms with E-state index in [0.717, 1.165) is 43.5 Å². The van der Waals surface area contributed by atoms with Gasteiger partial charge in [0.2, 0.25) is 11.9 Å². The molecule has 1 aromatic rings. The number of hydrogen-bond donors (Lipinski definition) is 2. The number of aliphatic carboxylic acids is 2. The van der Waals surface area contributed by atoms with Crippen LogP contribution in [0.5, 0.6) is 0 Å². The van der Waals surface area contributed by atoms with Crippen LogP contribution >= 0.6 is 0 Å². The third kappa shape index (κ3) is 4.99. The third-order valence-corrected chi connectivity index (χ3v) is 4.02. The molecule has 0 radical (unpaired) electrons. The molecule has 2 aliphatic rings. The number of anilines is 2. The second-order valence-corrected chi connectivity index (χ2v) is 5.95. The molecule has 2 aliphatic heterocycles. The van der Waals surface area contributed by atoms with Crippen LogP contribution in [0, 0.1) is 0 Å². The van der Waals surface area contributed by atoms with Crippen LogP contribution < -0.4 is 9.80 Å². The van der Waals surface area contributed by atoms with Crippen LogP contribution in [0.2, 0.25) is 0 Å². The van der Waals surface area contributed by atoms with Crippen LogP contribution in [0.25, 0.3) is 0 Å². The molecule has 1 fully saturated rings. The highest BCUT2D eigenvalue weighted by Crippen LogP contribution is 2.26. The minimum absolute atomic E-state index is 0.0924. The van der Waals surface area contributed by atoms with Crippen molar-refractivity contribution >= 4 is 29.6 Å². The number of carboxylic acids is 2. The summed E-state index contributed by atoms with van der Waals surface area (Å²) in [6.45, 7) is 3.92. The number of amides is 1. The number of carbonyl (C=O) groups is 3. The predicted molar refractivity (Wildman–Crippen MR) is 93.3 cm³/mol. The molecule has 0 aliphatic carbocycles. The number of carbonyl (C=O) groups excluding carboxylic acids is 1. The van der Waals surface area contributed by atoms with Crippen LogP contribution in [-0.2, 0) is 20.8 Å². The number of aromatic nitrogens is 2. The van der Waals surface area contributed by atoms with E-state index in [0.29, 0.717) is 18.6 Å². The van der Waals surface area contributed by atoms with E-state index in [2.05, 4.69) is 26.8 Å². The predicted octanol–water partition coefficient (Wildman–Crippen LogP) is -0.541. The SMILES string of the molecule is CN1CCN(c2ncc3c(n2)N(C)C(=O)C3)CC1.O=C(O)/C=C/C(=O)O. The second kappa shape index (κ2) is 8.39. The van der Waals surface area contributed by atoms with Crippen molar-refractivity contribution in [1.82, 2.24) is 14.9 Å². The Balaban J connectivity index is 0.000000260. The molecule has 0 saturated carbocycles. The van der Waals surface area contributed by atoms with Gasteiger partial charge in [-0.05, 0) is 7.05 Å². The molecule has 3 rings (SSSR count). The molecule has 10 nitrogen and oxygen atoms in total. The smallest absolute Gasteiger partial charge is 0.328 e. The van der Waals surface area contributed by atoms with Gasteiger partial charge in [-0.15, -0.1) is 0 Å². The number of piperazine rings is 1. The molecule has 0 bridgehead atoms. The molecule has 0 unspecified atom stereocenters. The lowest BCUT2D eigenvalue weighted by Crippen LogP contribution is -2.45. The summed E-state index contributed by atoms with van der Waals surface area (Å²) in [5.74, 6) is -0.915. The van der Waals surface area contributed by atoms with Crippen LogP contribution in [0.4, 0.5) is 11.8 Å². The van der Waals surface area contributed by atoms with Crippen LogP contribution in [0.1, 0.15) is 5.56 Å². The lowest BCUT2D eigenvalue weighted by atomic mass is 10.3. The second-order valence-electron chi connectivity index (χ2n) is 5.95. The highest BCUT2D eigenvalue weighted by atomic mass is 16.4. The minimum Gasteiger partial charge on any atom is -0.478 e. The highest BCUT2D eigenvalue weighted by Gasteiger charge is 2.27. The topological polar surface area (TPSA) is 127 Å². The first kappa shape index (κ1) is 19.3. The maximum absolute atomic E-state index is 11.6. The van der Waals surface area contributed by atoms with Crippen LogP contribution in [0.3, 0.4) is 0 Å². The molecule has 1 saturated heterocycles. The normalized spacial score (nSPS) is 17.1. The standard InChI is InChI=1S/C12H17N5O.C4H4O4/c1-15-3-5-17(6-4-15)12-13-8-9-7-10(18)16(2)11(9)14-12;5-3(6)1-2-4(7)8/h8H,3-7H2,1-2H3;1-2H,(H,5,6)(H,7,8)/b;2-1+. The first-order chi connectivity index (χ1) is 12.3. The van der Waals surface area contributed by atoms with Crippen molar-refractivity contribution in [3.63, 3.8) is 0 Å². The molecule has 0 aromatic carbocycles. The first-order valence-electron chi connectivity index (χ1n) is 7.98. The maximum atomic E-state index is 11.6. The molecule has 10 heteroatoms. The number of carboxylic acid groups (broad SMARTS) is 2. The third-order valence-electron chi connectivity index (χ3n) is 4.02. The largest absolute Gasteiger partial charge is 0.478 e. The molecule has 1 amide bonds. The van der Waals surface area contributed by atoms with Gasteiger partial charge in [0, 0.05) is 57.1 Å². The fourth-order valence-electron chi connectivity index (χ4n) is 2.50. The zero-order chi connectivity index (χ0) is 19.3. The van der Waals surface area contributed by atoms with Gasteiger partial charge in [-0.2, -0.15) is 4.98 Å². The van der Waals surface area contributed by atoms with E-state index in [1.54, 1.807) is 18.1 Å². The number of nitrogens with zero attached hydrogens (tertiary/aromatic N) is 5. The van der Waals surface area contributed by atoms with Gasteiger partial charge in [-0.3, -0.25) is 9.69 Å². The van der Waals surface area contributed by atoms with Crippen molar-refractivity contribution in [2.45, 2.75) is 6.42 Å². The molecular formula is C16H21N5O5. The molecule has 2 N–H and O–H groups in total. The van der Waals surface area contributed by atoms with Gasteiger partial charge in [0.1, 0.15) is 5.82 Å². The van der Waals surface area contributed by atoms with Crippen molar-refractivity contribution < 1.29 is 24.6 Å². The van der Waals surface area contributed by atoms with E-state index in [1.807, 2.05) is 0 Å². The lowest BCUT2D eigenvalue weighted by molar-refractivity contribution is -0.134. The summed E-state index contributed by atoms with van der Waals surface area (Å²) in [5, 5.41) is 15.6. The maximum Gasteiger partial charge on any atom is 0.328 e. The molecule has 0 atom stereocenters. The van der Waals surface area contributed by atoms with Gasteiger partial charge in [-0.1, -0.05) is 0 Å². The fraction of sp³-hybridized carbons (Fsp3) is 0.438. The van der Waals surface area contributed by atoms with Crippen molar-refractivity contribution in [2.24, 2.45) is 0 Å². The Labute approximate surface area is 150 Å². The molecule has 3 heterocycles. The van der Waals surface area contributed by atoms with E-state index in [9.17, 15) is 14.4 Å². The number of likely N-dealkylation sites (N-methyl/N-ethyl adjacent to an activating group) is 2. The monoisotopic (exact) mass is 363 g/mol. The van der Waals surface area contributed by atoms with Crippen molar-refractivity contribution in [1.29, 1.82) is 0 Å². The number of rotatable bonds is 3. The number of hydrogen-bond acceptors (Lipinski definition) is 7. The highest BCUT2D eigenvalue weighted by molar-refractivity contribution is 5.99. The Morgan fingerprint density at radius 2 is 1.65 bits per heavy atom. The fourth-order valence-corrected chi connectivity index (χ4v) is 2.50. The molecular weight excluding hydrogens is 342 g/mol. The van der Waals surface area contributed by atoms with E-state index in [1.165, 1.54) is 0 Å². The van der Waals surface area contributed by atoms with E-state index in [-0.39, 0.29) is 5.91 Å². The summed E-state index contributed by atoms with van der Waals surface area (Å²) < 4.78 is 0. The summed E-state index contributed by atoms with van der Waals surface area (Å²) >= 11 is 0. The van der Waals surface area contributed by atoms with Crippen LogP contribution in [0.15, 0.2) is 18.3 Å². The Bertz CT molecular complexity index is 712. The summed E-state index contributed by atoms with van der Waals surface area (Å²) in [6.07, 6.45) is 3.33. The summed E-state index contributed by atoms with van der Waals surface area (Å²) in [7, 11) is 3.89. The summed E-state index contributed by atoms with van der Waals surface area (Å²) in [4.78, 5) is 45.7. The first-order valence-corrected chi connectivity index (χ1v) is 7.98. The zero-order valence-corrected chi connectivity index (χ0v) is 14.6. The van der Waals surface area contributed by atoms with Crippen LogP contribution in [-0.4, -0.2) is 83.2 Å². The number of fused-ring (bicyclic) bond motifs is 1. The van der Waals surface area contributed by atoms with Gasteiger partial charge in [0.25, 0.3) is 0 Å². The molecule has 1 aromatic heterocycles. The van der Waals surface area contributed by atoms with Crippen molar-refractivity contribution in [3.05, 3.63) is 23.9 Å². The van der Waals surface area contributed by atoms with Gasteiger partial charge in [0.15, 0.2) is 0 Å². The molecule has 0 spiro atoms. The quantitative estimate of drug-likeness (QED) is 0.681. The zero-order valence-electron chi connectivity index (χ0n) is 14.6. The van der Waals surface area contributed by atoms with Crippen molar-refractivity contribution in [3.8, 4) is 0 Å². The van der Waals surface area contributed by atoms with Gasteiger partial charge in [-0.25, -0.2) is 14.6 Å².